The van der Waals surface area contributed by atoms with Crippen molar-refractivity contribution in [1.82, 2.24) is 0 Å². The van der Waals surface area contributed by atoms with E-state index in [0.717, 1.165) is 12.8 Å². The van der Waals surface area contributed by atoms with E-state index >= 15 is 0 Å². The lowest BCUT2D eigenvalue weighted by atomic mass is 9.81. The number of carboxylic acid groups (broad SMARTS) is 1. The van der Waals surface area contributed by atoms with Crippen molar-refractivity contribution >= 4 is 5.97 Å². The molecule has 0 aromatic carbocycles. The Hall–Kier alpha value is -0.790. The van der Waals surface area contributed by atoms with Crippen molar-refractivity contribution in [3.8, 4) is 0 Å². The first-order valence-corrected chi connectivity index (χ1v) is 5.49. The molecule has 0 spiro atoms. The summed E-state index contributed by atoms with van der Waals surface area (Å²) in [6.45, 7) is 4.49. The Balaban J connectivity index is 2.32. The fraction of sp³-hybridized carbons (Fsp3) is 0.750. The van der Waals surface area contributed by atoms with Crippen LogP contribution in [0.3, 0.4) is 0 Å². The molecule has 2 heteroatoms. The maximum Gasteiger partial charge on any atom is 0.303 e. The smallest absolute Gasteiger partial charge is 0.303 e. The van der Waals surface area contributed by atoms with E-state index < -0.39 is 5.97 Å². The van der Waals surface area contributed by atoms with Gasteiger partial charge in [0.05, 0.1) is 0 Å². The molecule has 1 rings (SSSR count). The molecule has 1 N–H and O–H groups in total. The van der Waals surface area contributed by atoms with Gasteiger partial charge < -0.3 is 5.11 Å². The number of allylic oxidation sites excluding steroid dienone is 2. The second kappa shape index (κ2) is 5.18. The molecule has 0 aliphatic heterocycles. The normalized spacial score (nSPS) is 26.8. The van der Waals surface area contributed by atoms with E-state index in [2.05, 4.69) is 26.0 Å². The third-order valence-corrected chi connectivity index (χ3v) is 3.09. The largest absolute Gasteiger partial charge is 0.481 e. The zero-order valence-corrected chi connectivity index (χ0v) is 9.07. The van der Waals surface area contributed by atoms with Gasteiger partial charge in [-0.25, -0.2) is 0 Å². The van der Waals surface area contributed by atoms with Crippen LogP contribution < -0.4 is 0 Å². The highest BCUT2D eigenvalue weighted by molar-refractivity contribution is 5.66. The minimum atomic E-state index is -0.676. The summed E-state index contributed by atoms with van der Waals surface area (Å²) in [7, 11) is 0. The molecule has 0 aromatic heterocycles. The van der Waals surface area contributed by atoms with Crippen molar-refractivity contribution in [3.63, 3.8) is 0 Å². The Morgan fingerprint density at radius 2 is 2.14 bits per heavy atom. The Morgan fingerprint density at radius 3 is 2.57 bits per heavy atom. The maximum absolute atomic E-state index is 10.4. The number of hydrogen-bond donors (Lipinski definition) is 1. The van der Waals surface area contributed by atoms with Crippen LogP contribution in [0.5, 0.6) is 0 Å². The van der Waals surface area contributed by atoms with Crippen LogP contribution in [0, 0.1) is 17.8 Å². The minimum Gasteiger partial charge on any atom is -0.481 e. The fourth-order valence-electron chi connectivity index (χ4n) is 2.00. The third kappa shape index (κ3) is 3.52. The van der Waals surface area contributed by atoms with Crippen molar-refractivity contribution in [3.05, 3.63) is 12.2 Å². The molecule has 0 heterocycles. The molecule has 0 fully saturated rings. The van der Waals surface area contributed by atoms with Crippen LogP contribution >= 0.6 is 0 Å². The van der Waals surface area contributed by atoms with E-state index in [1.165, 1.54) is 6.42 Å². The number of carbonyl (C=O) groups is 1. The van der Waals surface area contributed by atoms with Gasteiger partial charge >= 0.3 is 5.97 Å². The molecule has 2 atom stereocenters. The SMILES string of the molecule is CC(C)C1C=CC(CCC(=O)O)CC1. The van der Waals surface area contributed by atoms with Gasteiger partial charge in [0, 0.05) is 6.42 Å². The van der Waals surface area contributed by atoms with Crippen LogP contribution in [0.2, 0.25) is 0 Å². The van der Waals surface area contributed by atoms with Gasteiger partial charge in [0.25, 0.3) is 0 Å². The molecule has 0 aromatic rings. The molecule has 0 saturated heterocycles. The first-order valence-electron chi connectivity index (χ1n) is 5.49. The molecular formula is C12H20O2. The molecule has 14 heavy (non-hydrogen) atoms. The van der Waals surface area contributed by atoms with Gasteiger partial charge in [0.15, 0.2) is 0 Å². The van der Waals surface area contributed by atoms with Crippen LogP contribution in [0.15, 0.2) is 12.2 Å². The highest BCUT2D eigenvalue weighted by atomic mass is 16.4. The summed E-state index contributed by atoms with van der Waals surface area (Å²) in [5, 5.41) is 8.56. The lowest BCUT2D eigenvalue weighted by Crippen LogP contribution is -2.14. The van der Waals surface area contributed by atoms with Crippen LogP contribution in [0.4, 0.5) is 0 Å². The Kier molecular flexibility index (Phi) is 4.18. The molecule has 0 amide bonds. The lowest BCUT2D eigenvalue weighted by molar-refractivity contribution is -0.137. The molecule has 1 aliphatic rings. The molecular weight excluding hydrogens is 176 g/mol. The highest BCUT2D eigenvalue weighted by Crippen LogP contribution is 2.29. The van der Waals surface area contributed by atoms with Crippen molar-refractivity contribution in [2.75, 3.05) is 0 Å². The van der Waals surface area contributed by atoms with E-state index in [-0.39, 0.29) is 0 Å². The van der Waals surface area contributed by atoms with Gasteiger partial charge in [0.2, 0.25) is 0 Å². The molecule has 80 valence electrons. The van der Waals surface area contributed by atoms with Crippen molar-refractivity contribution in [2.24, 2.45) is 17.8 Å². The average molecular weight is 196 g/mol. The van der Waals surface area contributed by atoms with Crippen molar-refractivity contribution < 1.29 is 9.90 Å². The molecule has 0 saturated carbocycles. The summed E-state index contributed by atoms with van der Waals surface area (Å²) in [6, 6.07) is 0. The molecule has 2 unspecified atom stereocenters. The Bertz CT molecular complexity index is 218. The lowest BCUT2D eigenvalue weighted by Gasteiger charge is -2.24. The van der Waals surface area contributed by atoms with E-state index in [1.807, 2.05) is 0 Å². The molecule has 0 radical (unpaired) electrons. The van der Waals surface area contributed by atoms with Gasteiger partial charge in [-0.3, -0.25) is 4.79 Å². The first-order chi connectivity index (χ1) is 6.59. The van der Waals surface area contributed by atoms with E-state index in [4.69, 9.17) is 5.11 Å². The molecule has 0 bridgehead atoms. The third-order valence-electron chi connectivity index (χ3n) is 3.09. The van der Waals surface area contributed by atoms with E-state index in [0.29, 0.717) is 24.2 Å². The zero-order valence-electron chi connectivity index (χ0n) is 9.07. The van der Waals surface area contributed by atoms with Gasteiger partial charge in [-0.2, -0.15) is 0 Å². The number of rotatable bonds is 4. The number of aliphatic carboxylic acids is 1. The summed E-state index contributed by atoms with van der Waals surface area (Å²) >= 11 is 0. The Labute approximate surface area is 86.0 Å². The van der Waals surface area contributed by atoms with E-state index in [9.17, 15) is 4.79 Å². The van der Waals surface area contributed by atoms with Crippen molar-refractivity contribution in [2.45, 2.75) is 39.5 Å². The van der Waals surface area contributed by atoms with Crippen LogP contribution in [0.1, 0.15) is 39.5 Å². The molecule has 2 nitrogen and oxygen atoms in total. The topological polar surface area (TPSA) is 37.3 Å². The van der Waals surface area contributed by atoms with Gasteiger partial charge in [-0.1, -0.05) is 26.0 Å². The van der Waals surface area contributed by atoms with Crippen LogP contribution in [-0.4, -0.2) is 11.1 Å². The minimum absolute atomic E-state index is 0.307. The second-order valence-corrected chi connectivity index (χ2v) is 4.56. The summed E-state index contributed by atoms with van der Waals surface area (Å²) in [5.41, 5.74) is 0. The monoisotopic (exact) mass is 196 g/mol. The predicted molar refractivity (Wildman–Crippen MR) is 57.1 cm³/mol. The van der Waals surface area contributed by atoms with Crippen molar-refractivity contribution in [1.29, 1.82) is 0 Å². The maximum atomic E-state index is 10.4. The standard InChI is InChI=1S/C12H20O2/c1-9(2)11-6-3-10(4-7-11)5-8-12(13)14/h3,6,9-11H,4-5,7-8H2,1-2H3,(H,13,14). The van der Waals surface area contributed by atoms with Gasteiger partial charge in [-0.05, 0) is 37.0 Å². The Morgan fingerprint density at radius 1 is 1.43 bits per heavy atom. The van der Waals surface area contributed by atoms with Gasteiger partial charge in [-0.15, -0.1) is 0 Å². The number of hydrogen-bond acceptors (Lipinski definition) is 1. The summed E-state index contributed by atoms with van der Waals surface area (Å²) in [4.78, 5) is 10.4. The number of carboxylic acids is 1. The average Bonchev–Trinajstić information content (AvgIpc) is 2.15. The second-order valence-electron chi connectivity index (χ2n) is 4.56. The predicted octanol–water partition coefficient (Wildman–Crippen LogP) is 3.09. The zero-order chi connectivity index (χ0) is 10.6. The summed E-state index contributed by atoms with van der Waals surface area (Å²) < 4.78 is 0. The fourth-order valence-corrected chi connectivity index (χ4v) is 2.00. The van der Waals surface area contributed by atoms with E-state index in [1.54, 1.807) is 0 Å². The molecule has 1 aliphatic carbocycles. The highest BCUT2D eigenvalue weighted by Gasteiger charge is 2.18. The summed E-state index contributed by atoms with van der Waals surface area (Å²) in [6.07, 6.45) is 7.99. The van der Waals surface area contributed by atoms with Crippen LogP contribution in [-0.2, 0) is 4.79 Å². The quantitative estimate of drug-likeness (QED) is 0.701. The van der Waals surface area contributed by atoms with Crippen LogP contribution in [0.25, 0.3) is 0 Å². The van der Waals surface area contributed by atoms with Gasteiger partial charge in [0.1, 0.15) is 0 Å². The first kappa shape index (κ1) is 11.3. The summed E-state index contributed by atoms with van der Waals surface area (Å²) in [5.74, 6) is 1.24.